The van der Waals surface area contributed by atoms with Gasteiger partial charge in [-0.05, 0) is 47.9 Å². The molecule has 0 saturated heterocycles. The van der Waals surface area contributed by atoms with E-state index in [4.69, 9.17) is 23.7 Å². The minimum absolute atomic E-state index is 0.0163. The van der Waals surface area contributed by atoms with Crippen molar-refractivity contribution >= 4 is 28.0 Å². The predicted molar refractivity (Wildman–Crippen MR) is 159 cm³/mol. The first-order valence-corrected chi connectivity index (χ1v) is 14.4. The number of allylic oxidation sites excluding steroid dienone is 4. The first-order valence-electron chi connectivity index (χ1n) is 14.4. The Bertz CT molecular complexity index is 1800. The molecule has 230 valence electrons. The standard InChI is InChI=1S/C34H28F2N2O7/c35-23-7-5-22(6-8-23)24-2-1-3-25(33(24)40)29(39)17-21-4-9-30(27(36)16-21)45-34-26-18-31-32(19-28(26)37-20-38-34)44-15-13-42-11-10-41-12-14-43-31/h2-9,16,18-20H,1,10-15,17H2. The topological polar surface area (TPSA) is 106 Å². The van der Waals surface area contributed by atoms with Crippen LogP contribution in [-0.4, -0.2) is 61.2 Å². The monoisotopic (exact) mass is 614 g/mol. The summed E-state index contributed by atoms with van der Waals surface area (Å²) in [5, 5.41) is 0.468. The van der Waals surface area contributed by atoms with E-state index < -0.39 is 23.2 Å². The van der Waals surface area contributed by atoms with Gasteiger partial charge in [-0.1, -0.05) is 30.4 Å². The van der Waals surface area contributed by atoms with Crippen LogP contribution in [-0.2, 0) is 25.5 Å². The van der Waals surface area contributed by atoms with Crippen LogP contribution < -0.4 is 14.2 Å². The number of nitrogens with zero attached hydrogens (tertiary/aromatic N) is 2. The van der Waals surface area contributed by atoms with Crippen molar-refractivity contribution < 1.29 is 42.1 Å². The lowest BCUT2D eigenvalue weighted by molar-refractivity contribution is -0.118. The summed E-state index contributed by atoms with van der Waals surface area (Å²) in [7, 11) is 0. The number of hydrogen-bond acceptors (Lipinski definition) is 9. The average molecular weight is 615 g/mol. The minimum atomic E-state index is -0.717. The smallest absolute Gasteiger partial charge is 0.230 e. The van der Waals surface area contributed by atoms with Crippen molar-refractivity contribution in [2.75, 3.05) is 39.6 Å². The molecule has 0 N–H and O–H groups in total. The van der Waals surface area contributed by atoms with Crippen molar-refractivity contribution in [3.05, 3.63) is 101 Å². The number of fused-ring (bicyclic) bond motifs is 2. The highest BCUT2D eigenvalue weighted by Crippen LogP contribution is 2.37. The molecule has 3 aromatic carbocycles. The average Bonchev–Trinajstić information content (AvgIpc) is 3.03. The van der Waals surface area contributed by atoms with E-state index in [0.717, 1.165) is 0 Å². The van der Waals surface area contributed by atoms with Crippen molar-refractivity contribution in [2.45, 2.75) is 12.8 Å². The lowest BCUT2D eigenvalue weighted by Crippen LogP contribution is -2.18. The van der Waals surface area contributed by atoms with Crippen molar-refractivity contribution in [3.63, 3.8) is 0 Å². The van der Waals surface area contributed by atoms with E-state index in [0.29, 0.717) is 78.6 Å². The fourth-order valence-electron chi connectivity index (χ4n) is 4.96. The second kappa shape index (κ2) is 13.7. The summed E-state index contributed by atoms with van der Waals surface area (Å²) in [4.78, 5) is 34.7. The molecule has 0 amide bonds. The quantitative estimate of drug-likeness (QED) is 0.257. The number of rotatable bonds is 6. The Kier molecular flexibility index (Phi) is 9.18. The molecule has 1 aromatic heterocycles. The van der Waals surface area contributed by atoms with Crippen LogP contribution >= 0.6 is 0 Å². The van der Waals surface area contributed by atoms with E-state index >= 15 is 4.39 Å². The molecule has 6 rings (SSSR count). The molecule has 0 spiro atoms. The van der Waals surface area contributed by atoms with Gasteiger partial charge in [-0.25, -0.2) is 18.7 Å². The third-order valence-electron chi connectivity index (χ3n) is 7.16. The number of ketones is 2. The van der Waals surface area contributed by atoms with Gasteiger partial charge in [0.25, 0.3) is 0 Å². The van der Waals surface area contributed by atoms with Crippen molar-refractivity contribution in [1.29, 1.82) is 0 Å². The van der Waals surface area contributed by atoms with Gasteiger partial charge in [0.05, 0.1) is 42.9 Å². The Morgan fingerprint density at radius 1 is 0.822 bits per heavy atom. The Morgan fingerprint density at radius 3 is 2.27 bits per heavy atom. The molecule has 0 unspecified atom stereocenters. The number of carbonyl (C=O) groups excluding carboxylic acids is 2. The third kappa shape index (κ3) is 7.05. The maximum Gasteiger partial charge on any atom is 0.230 e. The zero-order chi connectivity index (χ0) is 31.2. The summed E-state index contributed by atoms with van der Waals surface area (Å²) in [6.07, 6.45) is 4.72. The summed E-state index contributed by atoms with van der Waals surface area (Å²) < 4.78 is 57.2. The molecule has 45 heavy (non-hydrogen) atoms. The molecule has 11 heteroatoms. The van der Waals surface area contributed by atoms with Crippen LogP contribution in [0.25, 0.3) is 16.5 Å². The van der Waals surface area contributed by atoms with Gasteiger partial charge in [0.1, 0.15) is 25.4 Å². The molecule has 1 aliphatic heterocycles. The Morgan fingerprint density at radius 2 is 1.53 bits per heavy atom. The number of aromatic nitrogens is 2. The van der Waals surface area contributed by atoms with Gasteiger partial charge < -0.3 is 23.7 Å². The Labute approximate surface area is 257 Å². The summed E-state index contributed by atoms with van der Waals surface area (Å²) in [5.41, 5.74) is 1.73. The first-order chi connectivity index (χ1) is 22.0. The zero-order valence-electron chi connectivity index (χ0n) is 24.1. The number of benzene rings is 3. The third-order valence-corrected chi connectivity index (χ3v) is 7.16. The van der Waals surface area contributed by atoms with Crippen LogP contribution in [0.3, 0.4) is 0 Å². The van der Waals surface area contributed by atoms with Crippen LogP contribution in [0.4, 0.5) is 8.78 Å². The highest BCUT2D eigenvalue weighted by Gasteiger charge is 2.25. The number of halogens is 2. The summed E-state index contributed by atoms with van der Waals surface area (Å²) >= 11 is 0. The SMILES string of the molecule is O=C(Cc1ccc(Oc2ncnc3cc4c(cc23)OCCOCCOCCO4)c(F)c1)C1=CCC=C(c2ccc(F)cc2)C1=O. The fraction of sp³-hybridized carbons (Fsp3) is 0.235. The lowest BCUT2D eigenvalue weighted by Gasteiger charge is -2.16. The number of hydrogen-bond donors (Lipinski definition) is 0. The van der Waals surface area contributed by atoms with Crippen LogP contribution in [0.2, 0.25) is 0 Å². The number of carbonyl (C=O) groups is 2. The molecule has 1 aliphatic carbocycles. The molecule has 2 heterocycles. The van der Waals surface area contributed by atoms with Crippen LogP contribution in [0, 0.1) is 11.6 Å². The van der Waals surface area contributed by atoms with Gasteiger partial charge >= 0.3 is 0 Å². The number of ether oxygens (including phenoxy) is 5. The van der Waals surface area contributed by atoms with E-state index in [2.05, 4.69) is 9.97 Å². The fourth-order valence-corrected chi connectivity index (χ4v) is 4.96. The van der Waals surface area contributed by atoms with Crippen molar-refractivity contribution in [2.24, 2.45) is 0 Å². The molecule has 0 atom stereocenters. The van der Waals surface area contributed by atoms with Gasteiger partial charge in [-0.15, -0.1) is 0 Å². The maximum absolute atomic E-state index is 15.3. The summed E-state index contributed by atoms with van der Waals surface area (Å²) in [6.45, 7) is 2.21. The second-order valence-electron chi connectivity index (χ2n) is 10.2. The van der Waals surface area contributed by atoms with Crippen LogP contribution in [0.1, 0.15) is 17.5 Å². The first kappa shape index (κ1) is 30.0. The normalized spacial score (nSPS) is 15.8. The highest BCUT2D eigenvalue weighted by molar-refractivity contribution is 6.39. The molecule has 2 aliphatic rings. The lowest BCUT2D eigenvalue weighted by atomic mass is 9.88. The molecular formula is C34H28F2N2O7. The van der Waals surface area contributed by atoms with Gasteiger partial charge in [0, 0.05) is 18.1 Å². The summed E-state index contributed by atoms with van der Waals surface area (Å²) in [6, 6.07) is 13.0. The zero-order valence-corrected chi connectivity index (χ0v) is 24.1. The van der Waals surface area contributed by atoms with Gasteiger partial charge in [-0.3, -0.25) is 9.59 Å². The van der Waals surface area contributed by atoms with Crippen molar-refractivity contribution in [1.82, 2.24) is 9.97 Å². The summed E-state index contributed by atoms with van der Waals surface area (Å²) in [5.74, 6) is -1.17. The van der Waals surface area contributed by atoms with Crippen LogP contribution in [0.15, 0.2) is 78.6 Å². The predicted octanol–water partition coefficient (Wildman–Crippen LogP) is 5.60. The second-order valence-corrected chi connectivity index (χ2v) is 10.2. The molecular weight excluding hydrogens is 586 g/mol. The van der Waals surface area contributed by atoms with Gasteiger partial charge in [0.2, 0.25) is 5.88 Å². The molecule has 9 nitrogen and oxygen atoms in total. The minimum Gasteiger partial charge on any atom is -0.487 e. The highest BCUT2D eigenvalue weighted by atomic mass is 19.1. The van der Waals surface area contributed by atoms with E-state index in [-0.39, 0.29) is 30.2 Å². The molecule has 0 saturated carbocycles. The Balaban J connectivity index is 1.17. The largest absolute Gasteiger partial charge is 0.487 e. The van der Waals surface area contributed by atoms with Gasteiger partial charge in [-0.2, -0.15) is 0 Å². The molecule has 0 radical (unpaired) electrons. The van der Waals surface area contributed by atoms with E-state index in [1.165, 1.54) is 42.7 Å². The molecule has 0 bridgehead atoms. The van der Waals surface area contributed by atoms with E-state index in [1.807, 2.05) is 0 Å². The van der Waals surface area contributed by atoms with E-state index in [1.54, 1.807) is 30.4 Å². The maximum atomic E-state index is 15.3. The molecule has 0 fully saturated rings. The molecule has 4 aromatic rings. The van der Waals surface area contributed by atoms with Gasteiger partial charge in [0.15, 0.2) is 34.6 Å². The Hall–Kier alpha value is -5.00. The van der Waals surface area contributed by atoms with Crippen LogP contribution in [0.5, 0.6) is 23.1 Å². The van der Waals surface area contributed by atoms with Crippen molar-refractivity contribution in [3.8, 4) is 23.1 Å². The number of Topliss-reactive ketones (excluding diaryl/α,β-unsaturated/α-hetero) is 2. The van der Waals surface area contributed by atoms with E-state index in [9.17, 15) is 14.0 Å².